The predicted octanol–water partition coefficient (Wildman–Crippen LogP) is 2.76. The van der Waals surface area contributed by atoms with Crippen molar-refractivity contribution in [3.8, 4) is 5.69 Å². The number of ether oxygens (including phenoxy) is 1. The van der Waals surface area contributed by atoms with Crippen molar-refractivity contribution in [1.29, 1.82) is 0 Å². The van der Waals surface area contributed by atoms with Gasteiger partial charge in [-0.15, -0.1) is 0 Å². The number of aryl methyl sites for hydroxylation is 1. The summed E-state index contributed by atoms with van der Waals surface area (Å²) < 4.78 is 20.3. The van der Waals surface area contributed by atoms with Crippen LogP contribution in [0, 0.1) is 5.82 Å². The SMILES string of the molecule is CC(C)OC(=O)c1cc(-n2c(=O)[nH]c3c(c2=O)CCCC3)c(F)cc1Cl. The monoisotopic (exact) mass is 380 g/mol. The average molecular weight is 381 g/mol. The van der Waals surface area contributed by atoms with Gasteiger partial charge in [0.1, 0.15) is 5.82 Å². The topological polar surface area (TPSA) is 81.2 Å². The highest BCUT2D eigenvalue weighted by atomic mass is 35.5. The number of halogens is 2. The van der Waals surface area contributed by atoms with Gasteiger partial charge in [0.15, 0.2) is 0 Å². The molecule has 0 saturated heterocycles. The van der Waals surface area contributed by atoms with Crippen LogP contribution < -0.4 is 11.2 Å². The number of aromatic amines is 1. The Balaban J connectivity index is 2.20. The highest BCUT2D eigenvalue weighted by molar-refractivity contribution is 6.33. The van der Waals surface area contributed by atoms with Crippen LogP contribution in [0.25, 0.3) is 5.69 Å². The third-order valence-corrected chi connectivity index (χ3v) is 4.54. The Bertz CT molecular complexity index is 994. The first-order valence-corrected chi connectivity index (χ1v) is 8.75. The number of aromatic nitrogens is 2. The van der Waals surface area contributed by atoms with Crippen LogP contribution >= 0.6 is 11.6 Å². The normalized spacial score (nSPS) is 13.6. The summed E-state index contributed by atoms with van der Waals surface area (Å²) in [6, 6.07) is 1.98. The van der Waals surface area contributed by atoms with Gasteiger partial charge in [-0.1, -0.05) is 11.6 Å². The Kier molecular flexibility index (Phi) is 5.00. The van der Waals surface area contributed by atoms with Crippen LogP contribution in [-0.2, 0) is 17.6 Å². The Labute approximate surface area is 153 Å². The molecule has 138 valence electrons. The molecule has 1 aliphatic carbocycles. The van der Waals surface area contributed by atoms with E-state index in [-0.39, 0.29) is 16.3 Å². The van der Waals surface area contributed by atoms with Crippen LogP contribution in [0.1, 0.15) is 48.3 Å². The van der Waals surface area contributed by atoms with Crippen LogP contribution in [-0.4, -0.2) is 21.6 Å². The van der Waals surface area contributed by atoms with Gasteiger partial charge in [-0.25, -0.2) is 18.5 Å². The summed E-state index contributed by atoms with van der Waals surface area (Å²) in [6.07, 6.45) is 2.43. The van der Waals surface area contributed by atoms with E-state index >= 15 is 0 Å². The first-order valence-electron chi connectivity index (χ1n) is 8.37. The zero-order valence-corrected chi connectivity index (χ0v) is 15.2. The molecule has 3 rings (SSSR count). The molecule has 26 heavy (non-hydrogen) atoms. The minimum atomic E-state index is -0.876. The van der Waals surface area contributed by atoms with Crippen molar-refractivity contribution >= 4 is 17.6 Å². The first kappa shape index (κ1) is 18.4. The molecule has 0 fully saturated rings. The van der Waals surface area contributed by atoms with E-state index in [1.165, 1.54) is 0 Å². The molecule has 0 spiro atoms. The summed E-state index contributed by atoms with van der Waals surface area (Å²) in [4.78, 5) is 40.0. The second kappa shape index (κ2) is 7.07. The number of hydrogen-bond donors (Lipinski definition) is 1. The second-order valence-corrected chi connectivity index (χ2v) is 6.88. The number of esters is 1. The Morgan fingerprint density at radius 3 is 2.65 bits per heavy atom. The van der Waals surface area contributed by atoms with Crippen molar-refractivity contribution in [2.45, 2.75) is 45.6 Å². The van der Waals surface area contributed by atoms with Gasteiger partial charge < -0.3 is 9.72 Å². The van der Waals surface area contributed by atoms with Gasteiger partial charge in [-0.2, -0.15) is 0 Å². The molecule has 0 radical (unpaired) electrons. The fourth-order valence-corrected chi connectivity index (χ4v) is 3.28. The van der Waals surface area contributed by atoms with Crippen LogP contribution in [0.2, 0.25) is 5.02 Å². The number of nitrogens with one attached hydrogen (secondary N) is 1. The molecule has 1 aliphatic rings. The number of hydrogen-bond acceptors (Lipinski definition) is 4. The van der Waals surface area contributed by atoms with Gasteiger partial charge >= 0.3 is 11.7 Å². The summed E-state index contributed by atoms with van der Waals surface area (Å²) >= 11 is 5.95. The van der Waals surface area contributed by atoms with E-state index in [1.807, 2.05) is 0 Å². The van der Waals surface area contributed by atoms with E-state index in [0.717, 1.165) is 25.0 Å². The maximum atomic E-state index is 14.5. The molecule has 0 atom stereocenters. The molecule has 1 heterocycles. The van der Waals surface area contributed by atoms with Gasteiger partial charge in [0.25, 0.3) is 5.56 Å². The minimum Gasteiger partial charge on any atom is -0.459 e. The Morgan fingerprint density at radius 2 is 1.96 bits per heavy atom. The van der Waals surface area contributed by atoms with E-state index in [0.29, 0.717) is 28.7 Å². The van der Waals surface area contributed by atoms with Crippen molar-refractivity contribution < 1.29 is 13.9 Å². The largest absolute Gasteiger partial charge is 0.459 e. The summed E-state index contributed by atoms with van der Waals surface area (Å²) in [7, 11) is 0. The van der Waals surface area contributed by atoms with Crippen molar-refractivity contribution in [3.05, 3.63) is 60.6 Å². The zero-order chi connectivity index (χ0) is 19.0. The van der Waals surface area contributed by atoms with E-state index in [2.05, 4.69) is 4.98 Å². The summed E-state index contributed by atoms with van der Waals surface area (Å²) in [5.41, 5.74) is -0.703. The summed E-state index contributed by atoms with van der Waals surface area (Å²) in [5.74, 6) is -1.63. The molecule has 0 saturated carbocycles. The lowest BCUT2D eigenvalue weighted by Crippen LogP contribution is -2.39. The van der Waals surface area contributed by atoms with Gasteiger partial charge in [0.05, 0.1) is 22.4 Å². The molecule has 1 aromatic carbocycles. The highest BCUT2D eigenvalue weighted by Crippen LogP contribution is 2.24. The first-order chi connectivity index (χ1) is 12.3. The molecule has 6 nitrogen and oxygen atoms in total. The van der Waals surface area contributed by atoms with E-state index < -0.39 is 29.1 Å². The highest BCUT2D eigenvalue weighted by Gasteiger charge is 2.23. The van der Waals surface area contributed by atoms with Crippen molar-refractivity contribution in [2.75, 3.05) is 0 Å². The molecule has 0 bridgehead atoms. The Hall–Kier alpha value is -2.41. The standard InChI is InChI=1S/C18H18ClFN2O4/c1-9(2)26-17(24)11-7-15(13(20)8-12(11)19)22-16(23)10-5-3-4-6-14(10)21-18(22)25/h7-9H,3-6H2,1-2H3,(H,21,25). The third kappa shape index (κ3) is 3.31. The van der Waals surface area contributed by atoms with Crippen LogP contribution in [0.4, 0.5) is 4.39 Å². The van der Waals surface area contributed by atoms with Crippen LogP contribution in [0.5, 0.6) is 0 Å². The van der Waals surface area contributed by atoms with E-state index in [9.17, 15) is 18.8 Å². The van der Waals surface area contributed by atoms with Gasteiger partial charge in [-0.05, 0) is 51.7 Å². The number of fused-ring (bicyclic) bond motifs is 1. The number of benzene rings is 1. The van der Waals surface area contributed by atoms with Gasteiger partial charge in [-0.3, -0.25) is 4.79 Å². The number of nitrogens with zero attached hydrogens (tertiary/aromatic N) is 1. The molecular weight excluding hydrogens is 363 g/mol. The minimum absolute atomic E-state index is 0.110. The molecule has 0 amide bonds. The van der Waals surface area contributed by atoms with Crippen molar-refractivity contribution in [2.24, 2.45) is 0 Å². The molecule has 1 N–H and O–H groups in total. The maximum Gasteiger partial charge on any atom is 0.339 e. The maximum absolute atomic E-state index is 14.5. The number of rotatable bonds is 3. The lowest BCUT2D eigenvalue weighted by atomic mass is 9.97. The molecule has 1 aromatic heterocycles. The van der Waals surface area contributed by atoms with Crippen molar-refractivity contribution in [1.82, 2.24) is 9.55 Å². The van der Waals surface area contributed by atoms with Crippen molar-refractivity contribution in [3.63, 3.8) is 0 Å². The lowest BCUT2D eigenvalue weighted by Gasteiger charge is -2.17. The Morgan fingerprint density at radius 1 is 1.27 bits per heavy atom. The molecule has 0 unspecified atom stereocenters. The average Bonchev–Trinajstić information content (AvgIpc) is 2.56. The summed E-state index contributed by atoms with van der Waals surface area (Å²) in [5, 5.41) is -0.153. The van der Waals surface area contributed by atoms with Gasteiger partial charge in [0.2, 0.25) is 0 Å². The zero-order valence-electron chi connectivity index (χ0n) is 14.4. The second-order valence-electron chi connectivity index (χ2n) is 6.47. The quantitative estimate of drug-likeness (QED) is 0.830. The van der Waals surface area contributed by atoms with Crippen LogP contribution in [0.3, 0.4) is 0 Å². The fraction of sp³-hybridized carbons (Fsp3) is 0.389. The molecule has 0 aliphatic heterocycles. The van der Waals surface area contributed by atoms with Gasteiger partial charge in [0, 0.05) is 11.3 Å². The number of carbonyl (C=O) groups excluding carboxylic acids is 1. The predicted molar refractivity (Wildman–Crippen MR) is 94.8 cm³/mol. The summed E-state index contributed by atoms with van der Waals surface area (Å²) in [6.45, 7) is 3.32. The van der Waals surface area contributed by atoms with E-state index in [1.54, 1.807) is 13.8 Å². The number of carbonyl (C=O) groups is 1. The van der Waals surface area contributed by atoms with Crippen LogP contribution in [0.15, 0.2) is 21.7 Å². The molecule has 2 aromatic rings. The lowest BCUT2D eigenvalue weighted by molar-refractivity contribution is 0.0378. The smallest absolute Gasteiger partial charge is 0.339 e. The molecular formula is C18H18ClFN2O4. The molecule has 8 heteroatoms. The third-order valence-electron chi connectivity index (χ3n) is 4.23. The fourth-order valence-electron chi connectivity index (χ4n) is 3.05. The van der Waals surface area contributed by atoms with E-state index in [4.69, 9.17) is 16.3 Å². The number of H-pyrrole nitrogens is 1.